The number of ether oxygens (including phenoxy) is 1. The molecule has 3 aromatic rings. The van der Waals surface area contributed by atoms with Gasteiger partial charge in [-0.1, -0.05) is 6.92 Å². The summed E-state index contributed by atoms with van der Waals surface area (Å²) < 4.78 is 7.35. The lowest BCUT2D eigenvalue weighted by atomic mass is 10.2. The van der Waals surface area contributed by atoms with Crippen LogP contribution >= 0.6 is 11.3 Å². The highest BCUT2D eigenvalue weighted by Crippen LogP contribution is 2.33. The molecular formula is C20H28N6OS. The number of fused-ring (bicyclic) bond motifs is 1. The number of aromatic nitrogens is 4. The molecule has 7 nitrogen and oxygen atoms in total. The van der Waals surface area contributed by atoms with Crippen LogP contribution in [0.1, 0.15) is 34.4 Å². The highest BCUT2D eigenvalue weighted by atomic mass is 32.1. The van der Waals surface area contributed by atoms with Gasteiger partial charge in [0.05, 0.1) is 30.8 Å². The van der Waals surface area contributed by atoms with Crippen molar-refractivity contribution >= 4 is 27.4 Å². The number of thiophene rings is 1. The molecule has 1 N–H and O–H groups in total. The first-order chi connectivity index (χ1) is 13.5. The van der Waals surface area contributed by atoms with Crippen molar-refractivity contribution in [1.82, 2.24) is 24.6 Å². The zero-order valence-corrected chi connectivity index (χ0v) is 17.9. The zero-order chi connectivity index (χ0) is 19.7. The molecule has 0 bridgehead atoms. The third kappa shape index (κ3) is 3.90. The van der Waals surface area contributed by atoms with Gasteiger partial charge < -0.3 is 10.1 Å². The molecule has 0 radical (unpaired) electrons. The molecule has 150 valence electrons. The van der Waals surface area contributed by atoms with E-state index in [0.29, 0.717) is 6.54 Å². The Labute approximate surface area is 169 Å². The van der Waals surface area contributed by atoms with Crippen LogP contribution < -0.4 is 5.32 Å². The van der Waals surface area contributed by atoms with Crippen molar-refractivity contribution < 1.29 is 4.74 Å². The van der Waals surface area contributed by atoms with E-state index in [4.69, 9.17) is 14.7 Å². The lowest BCUT2D eigenvalue weighted by Gasteiger charge is -2.25. The van der Waals surface area contributed by atoms with Gasteiger partial charge in [-0.15, -0.1) is 11.3 Å². The monoisotopic (exact) mass is 400 g/mol. The fourth-order valence-electron chi connectivity index (χ4n) is 3.66. The van der Waals surface area contributed by atoms with Crippen LogP contribution in [0.4, 0.5) is 5.82 Å². The summed E-state index contributed by atoms with van der Waals surface area (Å²) in [6.45, 7) is 11.4. The number of anilines is 1. The molecule has 1 saturated heterocycles. The van der Waals surface area contributed by atoms with Crippen LogP contribution in [0.5, 0.6) is 0 Å². The SMILES string of the molecule is CCc1nn(C)cc1CNc1nc(CN2CCOCC2)nc2sc(C)c(C)c12. The van der Waals surface area contributed by atoms with Crippen molar-refractivity contribution in [3.8, 4) is 0 Å². The molecule has 1 fully saturated rings. The van der Waals surface area contributed by atoms with Crippen LogP contribution in [0.3, 0.4) is 0 Å². The van der Waals surface area contributed by atoms with Crippen molar-refractivity contribution in [3.05, 3.63) is 33.7 Å². The molecule has 0 aromatic carbocycles. The molecule has 8 heteroatoms. The number of hydrogen-bond donors (Lipinski definition) is 1. The third-order valence-corrected chi connectivity index (χ3v) is 6.42. The summed E-state index contributed by atoms with van der Waals surface area (Å²) in [5.74, 6) is 1.81. The highest BCUT2D eigenvalue weighted by molar-refractivity contribution is 7.18. The fraction of sp³-hybridized carbons (Fsp3) is 0.550. The lowest BCUT2D eigenvalue weighted by molar-refractivity contribution is 0.0331. The predicted molar refractivity (Wildman–Crippen MR) is 113 cm³/mol. The lowest BCUT2D eigenvalue weighted by Crippen LogP contribution is -2.36. The maximum Gasteiger partial charge on any atom is 0.146 e. The van der Waals surface area contributed by atoms with Crippen molar-refractivity contribution in [1.29, 1.82) is 0 Å². The summed E-state index contributed by atoms with van der Waals surface area (Å²) in [5.41, 5.74) is 3.62. The minimum absolute atomic E-state index is 0.717. The number of nitrogens with one attached hydrogen (secondary N) is 1. The van der Waals surface area contributed by atoms with Gasteiger partial charge in [-0.25, -0.2) is 9.97 Å². The predicted octanol–water partition coefficient (Wildman–Crippen LogP) is 3.05. The van der Waals surface area contributed by atoms with Gasteiger partial charge in [0.15, 0.2) is 0 Å². The number of morpholine rings is 1. The Morgan fingerprint density at radius 1 is 1.21 bits per heavy atom. The van der Waals surface area contributed by atoms with Gasteiger partial charge in [-0.3, -0.25) is 9.58 Å². The number of hydrogen-bond acceptors (Lipinski definition) is 7. The Morgan fingerprint density at radius 3 is 2.75 bits per heavy atom. The molecule has 0 atom stereocenters. The summed E-state index contributed by atoms with van der Waals surface area (Å²) in [7, 11) is 1.97. The minimum Gasteiger partial charge on any atom is -0.379 e. The van der Waals surface area contributed by atoms with Gasteiger partial charge in [-0.05, 0) is 25.8 Å². The minimum atomic E-state index is 0.717. The second-order valence-corrected chi connectivity index (χ2v) is 8.53. The maximum absolute atomic E-state index is 5.46. The summed E-state index contributed by atoms with van der Waals surface area (Å²) in [6.07, 6.45) is 3.01. The Hall–Kier alpha value is -2.03. The first-order valence-corrected chi connectivity index (χ1v) is 10.7. The van der Waals surface area contributed by atoms with Crippen molar-refractivity contribution in [2.24, 2.45) is 7.05 Å². The standard InChI is InChI=1S/C20H28N6OS/c1-5-16-15(11-25(4)24-16)10-21-19-18-13(2)14(3)28-20(18)23-17(22-19)12-26-6-8-27-9-7-26/h11H,5-10,12H2,1-4H3,(H,21,22,23). The highest BCUT2D eigenvalue weighted by Gasteiger charge is 2.18. The maximum atomic E-state index is 5.46. The summed E-state index contributed by atoms with van der Waals surface area (Å²) in [6, 6.07) is 0. The van der Waals surface area contributed by atoms with Crippen LogP contribution in [0.15, 0.2) is 6.20 Å². The van der Waals surface area contributed by atoms with E-state index in [1.807, 2.05) is 11.7 Å². The van der Waals surface area contributed by atoms with E-state index < -0.39 is 0 Å². The average Bonchev–Trinajstić information content (AvgIpc) is 3.19. The van der Waals surface area contributed by atoms with Gasteiger partial charge in [-0.2, -0.15) is 5.10 Å². The molecule has 4 heterocycles. The van der Waals surface area contributed by atoms with E-state index in [9.17, 15) is 0 Å². The second-order valence-electron chi connectivity index (χ2n) is 7.32. The van der Waals surface area contributed by atoms with E-state index in [1.165, 1.54) is 16.0 Å². The summed E-state index contributed by atoms with van der Waals surface area (Å²) >= 11 is 1.75. The van der Waals surface area contributed by atoms with Gasteiger partial charge in [0, 0.05) is 43.3 Å². The van der Waals surface area contributed by atoms with Crippen LogP contribution in [-0.4, -0.2) is 51.0 Å². The summed E-state index contributed by atoms with van der Waals surface area (Å²) in [5, 5.41) is 9.28. The topological polar surface area (TPSA) is 68.1 Å². The first kappa shape index (κ1) is 19.3. The number of rotatable bonds is 6. The second kappa shape index (κ2) is 8.14. The molecular weight excluding hydrogens is 372 g/mol. The number of nitrogens with zero attached hydrogens (tertiary/aromatic N) is 5. The summed E-state index contributed by atoms with van der Waals surface area (Å²) in [4.78, 5) is 14.5. The van der Waals surface area contributed by atoms with Crippen molar-refractivity contribution in [3.63, 3.8) is 0 Å². The van der Waals surface area contributed by atoms with Gasteiger partial charge in [0.25, 0.3) is 0 Å². The molecule has 0 spiro atoms. The Balaban J connectivity index is 1.64. The van der Waals surface area contributed by atoms with Crippen LogP contribution in [0.2, 0.25) is 0 Å². The van der Waals surface area contributed by atoms with Crippen LogP contribution in [0, 0.1) is 13.8 Å². The van der Waals surface area contributed by atoms with Crippen molar-refractivity contribution in [2.45, 2.75) is 40.3 Å². The van der Waals surface area contributed by atoms with Gasteiger partial charge in [0.2, 0.25) is 0 Å². The molecule has 0 amide bonds. The van der Waals surface area contributed by atoms with E-state index >= 15 is 0 Å². The fourth-order valence-corrected chi connectivity index (χ4v) is 4.71. The van der Waals surface area contributed by atoms with Gasteiger partial charge in [0.1, 0.15) is 16.5 Å². The molecule has 1 aliphatic rings. The Kier molecular flexibility index (Phi) is 5.61. The third-order valence-electron chi connectivity index (χ3n) is 5.32. The average molecular weight is 401 g/mol. The van der Waals surface area contributed by atoms with E-state index in [1.54, 1.807) is 11.3 Å². The Bertz CT molecular complexity index is 973. The molecule has 0 saturated carbocycles. The quantitative estimate of drug-likeness (QED) is 0.686. The molecule has 0 unspecified atom stereocenters. The normalized spacial score (nSPS) is 15.4. The zero-order valence-electron chi connectivity index (χ0n) is 17.1. The Morgan fingerprint density at radius 2 is 2.00 bits per heavy atom. The number of aryl methyl sites for hydroxylation is 4. The molecule has 1 aliphatic heterocycles. The molecule has 28 heavy (non-hydrogen) atoms. The van der Waals surface area contributed by atoms with E-state index in [2.05, 4.69) is 42.3 Å². The van der Waals surface area contributed by atoms with Crippen molar-refractivity contribution in [2.75, 3.05) is 31.6 Å². The van der Waals surface area contributed by atoms with Crippen LogP contribution in [0.25, 0.3) is 10.2 Å². The molecule has 4 rings (SSSR count). The van der Waals surface area contributed by atoms with E-state index in [-0.39, 0.29) is 0 Å². The van der Waals surface area contributed by atoms with E-state index in [0.717, 1.165) is 66.8 Å². The molecule has 0 aliphatic carbocycles. The van der Waals surface area contributed by atoms with Gasteiger partial charge >= 0.3 is 0 Å². The molecule has 3 aromatic heterocycles. The largest absolute Gasteiger partial charge is 0.379 e. The smallest absolute Gasteiger partial charge is 0.146 e. The first-order valence-electron chi connectivity index (χ1n) is 9.87. The van der Waals surface area contributed by atoms with Crippen LogP contribution in [-0.2, 0) is 31.3 Å².